The Balaban J connectivity index is 2.84. The van der Waals surface area contributed by atoms with Gasteiger partial charge < -0.3 is 0 Å². The Labute approximate surface area is 72.9 Å². The van der Waals surface area contributed by atoms with Crippen LogP contribution in [-0.4, -0.2) is 19.9 Å². The van der Waals surface area contributed by atoms with Crippen molar-refractivity contribution in [2.24, 2.45) is 7.05 Å². The molecule has 0 amide bonds. The number of nitrogens with zero attached hydrogens (tertiary/aromatic N) is 4. The summed E-state index contributed by atoms with van der Waals surface area (Å²) in [5, 5.41) is 18.0. The molecular formula is C7H6N4O2. The predicted octanol–water partition coefficient (Wildman–Crippen LogP) is 0.876. The largest absolute Gasteiger partial charge is 0.299 e. The van der Waals surface area contributed by atoms with Gasteiger partial charge in [-0.3, -0.25) is 10.1 Å². The zero-order valence-electron chi connectivity index (χ0n) is 6.84. The van der Waals surface area contributed by atoms with Crippen LogP contribution >= 0.6 is 0 Å². The predicted molar refractivity (Wildman–Crippen MR) is 45.2 cm³/mol. The van der Waals surface area contributed by atoms with E-state index in [9.17, 15) is 10.1 Å². The van der Waals surface area contributed by atoms with E-state index in [1.807, 2.05) is 0 Å². The maximum Gasteiger partial charge on any atom is 0.299 e. The molecule has 2 rings (SSSR count). The third kappa shape index (κ3) is 1.03. The van der Waals surface area contributed by atoms with Gasteiger partial charge in [0, 0.05) is 13.1 Å². The van der Waals surface area contributed by atoms with E-state index < -0.39 is 4.92 Å². The molecule has 0 atom stereocenters. The van der Waals surface area contributed by atoms with E-state index in [0.717, 1.165) is 0 Å². The van der Waals surface area contributed by atoms with Crippen molar-refractivity contribution in [3.63, 3.8) is 0 Å². The third-order valence-electron chi connectivity index (χ3n) is 1.82. The molecule has 6 heteroatoms. The Bertz CT molecular complexity index is 476. The van der Waals surface area contributed by atoms with Crippen molar-refractivity contribution in [1.82, 2.24) is 15.0 Å². The molecule has 0 saturated heterocycles. The van der Waals surface area contributed by atoms with Gasteiger partial charge in [0.15, 0.2) is 5.52 Å². The van der Waals surface area contributed by atoms with Crippen molar-refractivity contribution >= 4 is 16.7 Å². The Hall–Kier alpha value is -1.98. The summed E-state index contributed by atoms with van der Waals surface area (Å²) >= 11 is 0. The summed E-state index contributed by atoms with van der Waals surface area (Å²) in [4.78, 5) is 10.1. The van der Waals surface area contributed by atoms with E-state index in [4.69, 9.17) is 0 Å². The molecular weight excluding hydrogens is 172 g/mol. The number of hydrogen-bond donors (Lipinski definition) is 0. The van der Waals surface area contributed by atoms with Crippen molar-refractivity contribution in [3.8, 4) is 0 Å². The van der Waals surface area contributed by atoms with Gasteiger partial charge in [-0.1, -0.05) is 11.3 Å². The number of non-ortho nitro benzene ring substituents is 1. The highest BCUT2D eigenvalue weighted by atomic mass is 16.6. The van der Waals surface area contributed by atoms with Crippen LogP contribution in [0.4, 0.5) is 5.69 Å². The SMILES string of the molecule is Cn1nnc2c([N+](=O)[O-])cccc21. The van der Waals surface area contributed by atoms with Crippen LogP contribution in [0.3, 0.4) is 0 Å². The molecule has 0 radical (unpaired) electrons. The van der Waals surface area contributed by atoms with Crippen molar-refractivity contribution in [2.45, 2.75) is 0 Å². The molecule has 0 spiro atoms. The maximum atomic E-state index is 10.6. The summed E-state index contributed by atoms with van der Waals surface area (Å²) in [6.45, 7) is 0. The monoisotopic (exact) mass is 178 g/mol. The summed E-state index contributed by atoms with van der Waals surface area (Å²) in [6, 6.07) is 4.77. The minimum atomic E-state index is -0.461. The molecule has 6 nitrogen and oxygen atoms in total. The Morgan fingerprint density at radius 3 is 3.00 bits per heavy atom. The Kier molecular flexibility index (Phi) is 1.48. The zero-order valence-corrected chi connectivity index (χ0v) is 6.84. The number of nitro benzene ring substituents is 1. The third-order valence-corrected chi connectivity index (χ3v) is 1.82. The topological polar surface area (TPSA) is 73.8 Å². The van der Waals surface area contributed by atoms with E-state index in [2.05, 4.69) is 10.3 Å². The molecule has 66 valence electrons. The van der Waals surface area contributed by atoms with Crippen LogP contribution < -0.4 is 0 Å². The maximum absolute atomic E-state index is 10.6. The fourth-order valence-corrected chi connectivity index (χ4v) is 1.19. The van der Waals surface area contributed by atoms with Gasteiger partial charge >= 0.3 is 0 Å². The van der Waals surface area contributed by atoms with Crippen LogP contribution in [0.25, 0.3) is 11.0 Å². The van der Waals surface area contributed by atoms with Gasteiger partial charge in [-0.25, -0.2) is 4.68 Å². The number of rotatable bonds is 1. The Morgan fingerprint density at radius 1 is 1.54 bits per heavy atom. The lowest BCUT2D eigenvalue weighted by molar-refractivity contribution is -0.383. The second kappa shape index (κ2) is 2.51. The van der Waals surface area contributed by atoms with E-state index >= 15 is 0 Å². The first-order valence-electron chi connectivity index (χ1n) is 3.63. The summed E-state index contributed by atoms with van der Waals surface area (Å²) in [7, 11) is 1.69. The minimum Gasteiger partial charge on any atom is -0.258 e. The molecule has 0 saturated carbocycles. The van der Waals surface area contributed by atoms with Gasteiger partial charge in [0.1, 0.15) is 0 Å². The van der Waals surface area contributed by atoms with Crippen LogP contribution in [0.15, 0.2) is 18.2 Å². The fourth-order valence-electron chi connectivity index (χ4n) is 1.19. The van der Waals surface area contributed by atoms with E-state index in [1.54, 1.807) is 19.2 Å². The van der Waals surface area contributed by atoms with Gasteiger partial charge in [-0.05, 0) is 6.07 Å². The van der Waals surface area contributed by atoms with Crippen molar-refractivity contribution in [2.75, 3.05) is 0 Å². The first-order chi connectivity index (χ1) is 6.20. The van der Waals surface area contributed by atoms with E-state index in [1.165, 1.54) is 10.7 Å². The first-order valence-corrected chi connectivity index (χ1v) is 3.63. The Morgan fingerprint density at radius 2 is 2.31 bits per heavy atom. The highest BCUT2D eigenvalue weighted by Crippen LogP contribution is 2.21. The molecule has 0 bridgehead atoms. The number of aromatic nitrogens is 3. The molecule has 1 heterocycles. The molecule has 0 N–H and O–H groups in total. The number of fused-ring (bicyclic) bond motifs is 1. The summed E-state index contributed by atoms with van der Waals surface area (Å²) < 4.78 is 1.50. The first kappa shape index (κ1) is 7.66. The lowest BCUT2D eigenvalue weighted by Gasteiger charge is -1.91. The normalized spacial score (nSPS) is 10.5. The van der Waals surface area contributed by atoms with E-state index in [-0.39, 0.29) is 5.69 Å². The molecule has 0 fully saturated rings. The van der Waals surface area contributed by atoms with Crippen LogP contribution in [0.1, 0.15) is 0 Å². The second-order valence-corrected chi connectivity index (χ2v) is 2.62. The fraction of sp³-hybridized carbons (Fsp3) is 0.143. The molecule has 0 aliphatic carbocycles. The van der Waals surface area contributed by atoms with Crippen molar-refractivity contribution in [3.05, 3.63) is 28.3 Å². The highest BCUT2D eigenvalue weighted by molar-refractivity contribution is 5.83. The van der Waals surface area contributed by atoms with Gasteiger partial charge in [-0.15, -0.1) is 5.10 Å². The number of benzene rings is 1. The van der Waals surface area contributed by atoms with Gasteiger partial charge in [0.2, 0.25) is 0 Å². The quantitative estimate of drug-likeness (QED) is 0.479. The molecule has 0 aliphatic heterocycles. The molecule has 1 aromatic carbocycles. The van der Waals surface area contributed by atoms with Crippen molar-refractivity contribution < 1.29 is 4.92 Å². The van der Waals surface area contributed by atoms with Crippen molar-refractivity contribution in [1.29, 1.82) is 0 Å². The molecule has 0 aliphatic rings. The van der Waals surface area contributed by atoms with E-state index in [0.29, 0.717) is 11.0 Å². The highest BCUT2D eigenvalue weighted by Gasteiger charge is 2.14. The number of hydrogen-bond acceptors (Lipinski definition) is 4. The molecule has 1 aromatic heterocycles. The van der Waals surface area contributed by atoms with Gasteiger partial charge in [0.05, 0.1) is 10.4 Å². The van der Waals surface area contributed by atoms with Crippen LogP contribution in [0, 0.1) is 10.1 Å². The minimum absolute atomic E-state index is 0.00870. The average Bonchev–Trinajstić information content (AvgIpc) is 2.48. The number of aryl methyl sites for hydroxylation is 1. The molecule has 0 unspecified atom stereocenters. The van der Waals surface area contributed by atoms with Crippen LogP contribution in [-0.2, 0) is 7.05 Å². The lowest BCUT2D eigenvalue weighted by Crippen LogP contribution is -1.90. The second-order valence-electron chi connectivity index (χ2n) is 2.62. The van der Waals surface area contributed by atoms with Gasteiger partial charge in [0.25, 0.3) is 5.69 Å². The molecule has 13 heavy (non-hydrogen) atoms. The van der Waals surface area contributed by atoms with Crippen LogP contribution in [0.5, 0.6) is 0 Å². The summed E-state index contributed by atoms with van der Waals surface area (Å²) in [5.41, 5.74) is 0.981. The molecule has 2 aromatic rings. The lowest BCUT2D eigenvalue weighted by atomic mass is 10.3. The smallest absolute Gasteiger partial charge is 0.258 e. The summed E-state index contributed by atoms with van der Waals surface area (Å²) in [5.74, 6) is 0. The summed E-state index contributed by atoms with van der Waals surface area (Å²) in [6.07, 6.45) is 0. The standard InChI is InChI=1S/C7H6N4O2/c1-10-5-3-2-4-6(11(12)13)7(5)8-9-10/h2-4H,1H3. The number of nitro groups is 1. The average molecular weight is 178 g/mol. The van der Waals surface area contributed by atoms with Crippen LogP contribution in [0.2, 0.25) is 0 Å². The van der Waals surface area contributed by atoms with Gasteiger partial charge in [-0.2, -0.15) is 0 Å². The zero-order chi connectivity index (χ0) is 9.42.